The SMILES string of the molecule is Cc1[nH]ncc1C(=O)NCC(C)(C)c1ccccc1. The standard InChI is InChI=1S/C15H19N3O/c1-11-13(9-17-18-11)14(19)16-10-15(2,3)12-7-5-4-6-8-12/h4-9H,10H2,1-3H3,(H,16,19)(H,17,18). The van der Waals surface area contributed by atoms with Gasteiger partial charge in [-0.1, -0.05) is 44.2 Å². The third kappa shape index (κ3) is 3.02. The number of aryl methyl sites for hydroxylation is 1. The second-order valence-electron chi connectivity index (χ2n) is 5.34. The molecular weight excluding hydrogens is 238 g/mol. The molecule has 0 bridgehead atoms. The van der Waals surface area contributed by atoms with Crippen molar-refractivity contribution in [2.45, 2.75) is 26.2 Å². The van der Waals surface area contributed by atoms with E-state index in [0.29, 0.717) is 12.1 Å². The third-order valence-electron chi connectivity index (χ3n) is 3.32. The molecule has 0 saturated heterocycles. The second kappa shape index (κ2) is 5.26. The van der Waals surface area contributed by atoms with Crippen LogP contribution in [0.5, 0.6) is 0 Å². The van der Waals surface area contributed by atoms with Gasteiger partial charge in [0.25, 0.3) is 5.91 Å². The Kier molecular flexibility index (Phi) is 3.69. The lowest BCUT2D eigenvalue weighted by Gasteiger charge is -2.25. The molecule has 0 radical (unpaired) electrons. The number of benzene rings is 1. The molecule has 0 atom stereocenters. The number of hydrogen-bond donors (Lipinski definition) is 2. The van der Waals surface area contributed by atoms with Gasteiger partial charge < -0.3 is 5.32 Å². The minimum absolute atomic E-state index is 0.0877. The topological polar surface area (TPSA) is 57.8 Å². The van der Waals surface area contributed by atoms with Crippen LogP contribution in [-0.2, 0) is 5.41 Å². The van der Waals surface area contributed by atoms with Crippen molar-refractivity contribution in [3.8, 4) is 0 Å². The van der Waals surface area contributed by atoms with Crippen LogP contribution in [0.4, 0.5) is 0 Å². The summed E-state index contributed by atoms with van der Waals surface area (Å²) < 4.78 is 0. The lowest BCUT2D eigenvalue weighted by molar-refractivity contribution is 0.0945. The molecule has 2 aromatic rings. The van der Waals surface area contributed by atoms with E-state index in [4.69, 9.17) is 0 Å². The zero-order valence-electron chi connectivity index (χ0n) is 11.5. The highest BCUT2D eigenvalue weighted by molar-refractivity contribution is 5.94. The van der Waals surface area contributed by atoms with Crippen molar-refractivity contribution in [2.24, 2.45) is 0 Å². The zero-order chi connectivity index (χ0) is 13.9. The van der Waals surface area contributed by atoms with Crippen LogP contribution in [0.15, 0.2) is 36.5 Å². The number of nitrogens with one attached hydrogen (secondary N) is 2. The average Bonchev–Trinajstić information content (AvgIpc) is 2.83. The molecule has 0 unspecified atom stereocenters. The summed E-state index contributed by atoms with van der Waals surface area (Å²) >= 11 is 0. The average molecular weight is 257 g/mol. The lowest BCUT2D eigenvalue weighted by Crippen LogP contribution is -2.36. The number of H-pyrrole nitrogens is 1. The summed E-state index contributed by atoms with van der Waals surface area (Å²) in [4.78, 5) is 12.0. The van der Waals surface area contributed by atoms with Crippen molar-refractivity contribution in [1.29, 1.82) is 0 Å². The van der Waals surface area contributed by atoms with Gasteiger partial charge >= 0.3 is 0 Å². The molecule has 1 amide bonds. The number of carbonyl (C=O) groups excluding carboxylic acids is 1. The third-order valence-corrected chi connectivity index (χ3v) is 3.32. The number of carbonyl (C=O) groups is 1. The van der Waals surface area contributed by atoms with E-state index in [1.54, 1.807) is 6.20 Å². The van der Waals surface area contributed by atoms with Gasteiger partial charge in [-0.3, -0.25) is 9.89 Å². The van der Waals surface area contributed by atoms with E-state index in [2.05, 4.69) is 41.5 Å². The van der Waals surface area contributed by atoms with Gasteiger partial charge in [-0.15, -0.1) is 0 Å². The summed E-state index contributed by atoms with van der Waals surface area (Å²) in [7, 11) is 0. The van der Waals surface area contributed by atoms with E-state index >= 15 is 0 Å². The monoisotopic (exact) mass is 257 g/mol. The van der Waals surface area contributed by atoms with Crippen LogP contribution >= 0.6 is 0 Å². The van der Waals surface area contributed by atoms with Gasteiger partial charge in [0.2, 0.25) is 0 Å². The molecule has 0 aliphatic heterocycles. The molecule has 2 N–H and O–H groups in total. The highest BCUT2D eigenvalue weighted by atomic mass is 16.1. The van der Waals surface area contributed by atoms with Crippen molar-refractivity contribution in [3.63, 3.8) is 0 Å². The van der Waals surface area contributed by atoms with Gasteiger partial charge in [0.1, 0.15) is 0 Å². The first-order chi connectivity index (χ1) is 9.00. The van der Waals surface area contributed by atoms with Gasteiger partial charge in [0, 0.05) is 17.7 Å². The Balaban J connectivity index is 2.03. The summed E-state index contributed by atoms with van der Waals surface area (Å²) in [6, 6.07) is 10.2. The molecule has 0 aliphatic rings. The van der Waals surface area contributed by atoms with E-state index in [1.165, 1.54) is 5.56 Å². The van der Waals surface area contributed by atoms with Crippen LogP contribution in [0, 0.1) is 6.92 Å². The van der Waals surface area contributed by atoms with Crippen LogP contribution in [0.25, 0.3) is 0 Å². The first kappa shape index (κ1) is 13.3. The molecule has 4 nitrogen and oxygen atoms in total. The number of nitrogens with zero attached hydrogens (tertiary/aromatic N) is 1. The Morgan fingerprint density at radius 3 is 2.58 bits per heavy atom. The van der Waals surface area contributed by atoms with E-state index in [0.717, 1.165) is 5.69 Å². The van der Waals surface area contributed by atoms with E-state index in [-0.39, 0.29) is 11.3 Å². The normalized spacial score (nSPS) is 11.3. The fourth-order valence-corrected chi connectivity index (χ4v) is 1.97. The Bertz CT molecular complexity index is 558. The molecule has 2 rings (SSSR count). The number of hydrogen-bond acceptors (Lipinski definition) is 2. The number of rotatable bonds is 4. The highest BCUT2D eigenvalue weighted by Gasteiger charge is 2.22. The summed E-state index contributed by atoms with van der Waals surface area (Å²) in [6.07, 6.45) is 1.56. The summed E-state index contributed by atoms with van der Waals surface area (Å²) in [5, 5.41) is 9.59. The molecule has 1 aromatic carbocycles. The molecule has 0 saturated carbocycles. The second-order valence-corrected chi connectivity index (χ2v) is 5.34. The Morgan fingerprint density at radius 1 is 1.32 bits per heavy atom. The van der Waals surface area contributed by atoms with Gasteiger partial charge in [-0.25, -0.2) is 0 Å². The molecule has 19 heavy (non-hydrogen) atoms. The van der Waals surface area contributed by atoms with Crippen LogP contribution in [0.1, 0.15) is 35.5 Å². The summed E-state index contributed by atoms with van der Waals surface area (Å²) in [5.74, 6) is -0.0877. The Morgan fingerprint density at radius 2 is 2.00 bits per heavy atom. The molecule has 4 heteroatoms. The Hall–Kier alpha value is -2.10. The van der Waals surface area contributed by atoms with Gasteiger partial charge in [-0.05, 0) is 12.5 Å². The van der Waals surface area contributed by atoms with Crippen LogP contribution in [-0.4, -0.2) is 22.6 Å². The maximum atomic E-state index is 12.0. The summed E-state index contributed by atoms with van der Waals surface area (Å²) in [6.45, 7) is 6.65. The number of aromatic nitrogens is 2. The molecule has 1 heterocycles. The Labute approximate surface area is 113 Å². The van der Waals surface area contributed by atoms with E-state index in [9.17, 15) is 4.79 Å². The van der Waals surface area contributed by atoms with E-state index < -0.39 is 0 Å². The van der Waals surface area contributed by atoms with Gasteiger partial charge in [0.05, 0.1) is 11.8 Å². The van der Waals surface area contributed by atoms with Gasteiger partial charge in [0.15, 0.2) is 0 Å². The number of amides is 1. The lowest BCUT2D eigenvalue weighted by atomic mass is 9.84. The molecule has 1 aromatic heterocycles. The fraction of sp³-hybridized carbons (Fsp3) is 0.333. The quantitative estimate of drug-likeness (QED) is 0.883. The first-order valence-corrected chi connectivity index (χ1v) is 6.34. The predicted octanol–water partition coefficient (Wildman–Crippen LogP) is 2.43. The van der Waals surface area contributed by atoms with Crippen LogP contribution in [0.3, 0.4) is 0 Å². The molecule has 100 valence electrons. The molecular formula is C15H19N3O. The van der Waals surface area contributed by atoms with Crippen molar-refractivity contribution < 1.29 is 4.79 Å². The van der Waals surface area contributed by atoms with Crippen molar-refractivity contribution in [1.82, 2.24) is 15.5 Å². The predicted molar refractivity (Wildman–Crippen MR) is 75.1 cm³/mol. The molecule has 0 fully saturated rings. The minimum atomic E-state index is -0.103. The largest absolute Gasteiger partial charge is 0.351 e. The summed E-state index contributed by atoms with van der Waals surface area (Å²) in [5.41, 5.74) is 2.49. The van der Waals surface area contributed by atoms with Crippen LogP contribution in [0.2, 0.25) is 0 Å². The first-order valence-electron chi connectivity index (χ1n) is 6.34. The highest BCUT2D eigenvalue weighted by Crippen LogP contribution is 2.21. The van der Waals surface area contributed by atoms with E-state index in [1.807, 2.05) is 25.1 Å². The maximum absolute atomic E-state index is 12.0. The zero-order valence-corrected chi connectivity index (χ0v) is 11.5. The van der Waals surface area contributed by atoms with Crippen LogP contribution < -0.4 is 5.32 Å². The van der Waals surface area contributed by atoms with Crippen molar-refractivity contribution in [3.05, 3.63) is 53.3 Å². The van der Waals surface area contributed by atoms with Gasteiger partial charge in [-0.2, -0.15) is 5.10 Å². The van der Waals surface area contributed by atoms with Crippen molar-refractivity contribution in [2.75, 3.05) is 6.54 Å². The smallest absolute Gasteiger partial charge is 0.254 e. The fourth-order valence-electron chi connectivity index (χ4n) is 1.97. The molecule has 0 spiro atoms. The molecule has 0 aliphatic carbocycles. The number of aromatic amines is 1. The van der Waals surface area contributed by atoms with Crippen molar-refractivity contribution >= 4 is 5.91 Å². The maximum Gasteiger partial charge on any atom is 0.254 e. The minimum Gasteiger partial charge on any atom is -0.351 e.